The summed E-state index contributed by atoms with van der Waals surface area (Å²) < 4.78 is 2.74. The molecule has 0 amide bonds. The van der Waals surface area contributed by atoms with Gasteiger partial charge in [-0.1, -0.05) is 23.7 Å². The molecule has 96 valence electrons. The maximum Gasteiger partial charge on any atom is 0.0596 e. The Kier molecular flexibility index (Phi) is 4.10. The Hall–Kier alpha value is -0.840. The first-order valence-electron chi connectivity index (χ1n) is 5.68. The molecule has 1 heterocycles. The van der Waals surface area contributed by atoms with E-state index in [4.69, 9.17) is 17.3 Å². The highest BCUT2D eigenvalue weighted by molar-refractivity contribution is 9.10. The van der Waals surface area contributed by atoms with Gasteiger partial charge >= 0.3 is 0 Å². The lowest BCUT2D eigenvalue weighted by Crippen LogP contribution is -2.16. The quantitative estimate of drug-likeness (QED) is 0.938. The summed E-state index contributed by atoms with van der Waals surface area (Å²) in [6.45, 7) is 1.97. The number of nitrogens with zero attached hydrogens (tertiary/aromatic N) is 2. The van der Waals surface area contributed by atoms with Gasteiger partial charge in [0.1, 0.15) is 0 Å². The number of benzene rings is 1. The molecule has 0 fully saturated rings. The minimum absolute atomic E-state index is 0.134. The van der Waals surface area contributed by atoms with Crippen molar-refractivity contribution in [1.29, 1.82) is 0 Å². The summed E-state index contributed by atoms with van der Waals surface area (Å²) in [6.07, 6.45) is 0.716. The second-order valence-electron chi connectivity index (χ2n) is 4.35. The maximum atomic E-state index is 6.25. The summed E-state index contributed by atoms with van der Waals surface area (Å²) in [7, 11) is 1.93. The Morgan fingerprint density at radius 1 is 1.50 bits per heavy atom. The summed E-state index contributed by atoms with van der Waals surface area (Å²) >= 11 is 9.66. The van der Waals surface area contributed by atoms with Gasteiger partial charge in [-0.2, -0.15) is 5.10 Å². The average Bonchev–Trinajstić information content (AvgIpc) is 2.61. The van der Waals surface area contributed by atoms with Crippen LogP contribution in [0.15, 0.2) is 28.7 Å². The Bertz CT molecular complexity index is 565. The summed E-state index contributed by atoms with van der Waals surface area (Å²) in [5.41, 5.74) is 9.28. The van der Waals surface area contributed by atoms with Crippen molar-refractivity contribution in [3.8, 4) is 0 Å². The number of halogens is 2. The van der Waals surface area contributed by atoms with Gasteiger partial charge in [-0.3, -0.25) is 4.68 Å². The van der Waals surface area contributed by atoms with Crippen LogP contribution in [-0.4, -0.2) is 9.78 Å². The molecule has 1 unspecified atom stereocenters. The summed E-state index contributed by atoms with van der Waals surface area (Å²) in [5.74, 6) is 0. The lowest BCUT2D eigenvalue weighted by Gasteiger charge is -2.14. The second kappa shape index (κ2) is 5.43. The molecular formula is C13H15BrClN3. The molecule has 2 rings (SSSR count). The first-order chi connectivity index (χ1) is 8.49. The van der Waals surface area contributed by atoms with Gasteiger partial charge in [0.15, 0.2) is 0 Å². The van der Waals surface area contributed by atoms with E-state index < -0.39 is 0 Å². The Morgan fingerprint density at radius 2 is 2.22 bits per heavy atom. The van der Waals surface area contributed by atoms with Gasteiger partial charge in [0, 0.05) is 29.7 Å². The lowest BCUT2D eigenvalue weighted by atomic mass is 10.0. The van der Waals surface area contributed by atoms with Crippen molar-refractivity contribution >= 4 is 27.5 Å². The van der Waals surface area contributed by atoms with Crippen LogP contribution >= 0.6 is 27.5 Å². The molecule has 3 nitrogen and oxygen atoms in total. The molecule has 1 aromatic heterocycles. The van der Waals surface area contributed by atoms with Crippen molar-refractivity contribution in [2.75, 3.05) is 0 Å². The SMILES string of the molecule is Cc1cc(CC(N)c2cccc(Br)c2Cl)n(C)n1. The Balaban J connectivity index is 2.24. The lowest BCUT2D eigenvalue weighted by molar-refractivity contribution is 0.639. The molecule has 0 bridgehead atoms. The molecule has 1 atom stereocenters. The van der Waals surface area contributed by atoms with E-state index in [1.54, 1.807) is 0 Å². The van der Waals surface area contributed by atoms with E-state index in [2.05, 4.69) is 21.0 Å². The molecule has 0 aliphatic carbocycles. The third kappa shape index (κ3) is 2.76. The van der Waals surface area contributed by atoms with Crippen LogP contribution in [0.5, 0.6) is 0 Å². The van der Waals surface area contributed by atoms with E-state index in [9.17, 15) is 0 Å². The second-order valence-corrected chi connectivity index (χ2v) is 5.59. The molecule has 0 radical (unpaired) electrons. The normalized spacial score (nSPS) is 12.7. The van der Waals surface area contributed by atoms with E-state index in [-0.39, 0.29) is 6.04 Å². The first-order valence-corrected chi connectivity index (χ1v) is 6.85. The fourth-order valence-electron chi connectivity index (χ4n) is 2.00. The van der Waals surface area contributed by atoms with E-state index in [0.717, 1.165) is 21.4 Å². The zero-order valence-corrected chi connectivity index (χ0v) is 12.7. The topological polar surface area (TPSA) is 43.8 Å². The predicted octanol–water partition coefficient (Wildman–Crippen LogP) is 3.39. The summed E-state index contributed by atoms with van der Waals surface area (Å²) in [4.78, 5) is 0. The van der Waals surface area contributed by atoms with Crippen molar-refractivity contribution in [2.24, 2.45) is 12.8 Å². The molecule has 0 aliphatic rings. The monoisotopic (exact) mass is 327 g/mol. The fourth-order valence-corrected chi connectivity index (χ4v) is 2.65. The zero-order valence-electron chi connectivity index (χ0n) is 10.3. The zero-order chi connectivity index (χ0) is 13.3. The van der Waals surface area contributed by atoms with E-state index in [1.807, 2.05) is 42.9 Å². The van der Waals surface area contributed by atoms with Gasteiger partial charge in [-0.15, -0.1) is 0 Å². The van der Waals surface area contributed by atoms with Crippen LogP contribution in [0, 0.1) is 6.92 Å². The van der Waals surface area contributed by atoms with E-state index in [0.29, 0.717) is 11.4 Å². The fraction of sp³-hybridized carbons (Fsp3) is 0.308. The number of hydrogen-bond acceptors (Lipinski definition) is 2. The molecule has 2 N–H and O–H groups in total. The van der Waals surface area contributed by atoms with Crippen LogP contribution < -0.4 is 5.73 Å². The number of hydrogen-bond donors (Lipinski definition) is 1. The van der Waals surface area contributed by atoms with Crippen LogP contribution in [-0.2, 0) is 13.5 Å². The molecule has 0 saturated heterocycles. The molecule has 0 saturated carbocycles. The van der Waals surface area contributed by atoms with E-state index >= 15 is 0 Å². The number of rotatable bonds is 3. The van der Waals surface area contributed by atoms with Gasteiger partial charge in [-0.25, -0.2) is 0 Å². The van der Waals surface area contributed by atoms with Crippen LogP contribution in [0.3, 0.4) is 0 Å². The van der Waals surface area contributed by atoms with Crippen molar-refractivity contribution in [3.05, 3.63) is 50.7 Å². The minimum atomic E-state index is -0.134. The van der Waals surface area contributed by atoms with Crippen molar-refractivity contribution in [2.45, 2.75) is 19.4 Å². The van der Waals surface area contributed by atoms with Crippen LogP contribution in [0.25, 0.3) is 0 Å². The molecule has 5 heteroatoms. The number of aromatic nitrogens is 2. The summed E-state index contributed by atoms with van der Waals surface area (Å²) in [5, 5.41) is 5.00. The van der Waals surface area contributed by atoms with Gasteiger partial charge in [0.2, 0.25) is 0 Å². The molecule has 1 aromatic carbocycles. The van der Waals surface area contributed by atoms with Gasteiger partial charge in [0.05, 0.1) is 10.7 Å². The number of nitrogens with two attached hydrogens (primary N) is 1. The third-order valence-electron chi connectivity index (χ3n) is 2.91. The smallest absolute Gasteiger partial charge is 0.0596 e. The van der Waals surface area contributed by atoms with Crippen molar-refractivity contribution < 1.29 is 0 Å². The summed E-state index contributed by atoms with van der Waals surface area (Å²) in [6, 6.07) is 7.73. The minimum Gasteiger partial charge on any atom is -0.324 e. The van der Waals surface area contributed by atoms with E-state index in [1.165, 1.54) is 0 Å². The Labute approximate surface area is 120 Å². The molecular weight excluding hydrogens is 314 g/mol. The van der Waals surface area contributed by atoms with Crippen LogP contribution in [0.2, 0.25) is 5.02 Å². The molecule has 2 aromatic rings. The van der Waals surface area contributed by atoms with Gasteiger partial charge in [0.25, 0.3) is 0 Å². The standard InChI is InChI=1S/C13H15BrClN3/c1-8-6-9(18(2)17-8)7-12(16)10-4-3-5-11(14)13(10)15/h3-6,12H,7,16H2,1-2H3. The predicted molar refractivity (Wildman–Crippen MR) is 77.7 cm³/mol. The average molecular weight is 329 g/mol. The largest absolute Gasteiger partial charge is 0.324 e. The first kappa shape index (κ1) is 13.6. The van der Waals surface area contributed by atoms with Crippen LogP contribution in [0.4, 0.5) is 0 Å². The van der Waals surface area contributed by atoms with Crippen LogP contribution in [0.1, 0.15) is 23.0 Å². The molecule has 18 heavy (non-hydrogen) atoms. The Morgan fingerprint density at radius 3 is 2.83 bits per heavy atom. The maximum absolute atomic E-state index is 6.25. The number of aryl methyl sites for hydroxylation is 2. The highest BCUT2D eigenvalue weighted by atomic mass is 79.9. The van der Waals surface area contributed by atoms with Crippen molar-refractivity contribution in [3.63, 3.8) is 0 Å². The molecule has 0 spiro atoms. The highest BCUT2D eigenvalue weighted by Gasteiger charge is 2.14. The molecule has 0 aliphatic heterocycles. The van der Waals surface area contributed by atoms with Gasteiger partial charge in [-0.05, 0) is 40.5 Å². The third-order valence-corrected chi connectivity index (χ3v) is 4.22. The van der Waals surface area contributed by atoms with Gasteiger partial charge < -0.3 is 5.73 Å². The highest BCUT2D eigenvalue weighted by Crippen LogP contribution is 2.30. The van der Waals surface area contributed by atoms with Crippen molar-refractivity contribution in [1.82, 2.24) is 9.78 Å².